The van der Waals surface area contributed by atoms with Gasteiger partial charge in [0.15, 0.2) is 0 Å². The molecule has 1 aliphatic carbocycles. The molecule has 0 unspecified atom stereocenters. The minimum atomic E-state index is -0.235. The van der Waals surface area contributed by atoms with Gasteiger partial charge in [-0.05, 0) is 37.9 Å². The molecular weight excluding hydrogens is 310 g/mol. The molecule has 2 aliphatic heterocycles. The van der Waals surface area contributed by atoms with E-state index < -0.39 is 0 Å². The van der Waals surface area contributed by atoms with Crippen LogP contribution >= 0.6 is 11.8 Å². The number of likely N-dealkylation sites (tertiary alicyclic amines) is 1. The molecule has 2 heterocycles. The van der Waals surface area contributed by atoms with Gasteiger partial charge in [0.05, 0.1) is 0 Å². The van der Waals surface area contributed by atoms with E-state index in [2.05, 4.69) is 5.32 Å². The van der Waals surface area contributed by atoms with E-state index in [0.717, 1.165) is 63.2 Å². The van der Waals surface area contributed by atoms with Gasteiger partial charge in [0, 0.05) is 31.4 Å². The summed E-state index contributed by atoms with van der Waals surface area (Å²) in [5.41, 5.74) is 0. The summed E-state index contributed by atoms with van der Waals surface area (Å²) in [7, 11) is 0. The summed E-state index contributed by atoms with van der Waals surface area (Å²) in [6.07, 6.45) is 8.69. The molecule has 130 valence electrons. The zero-order valence-electron chi connectivity index (χ0n) is 14.0. The fourth-order valence-electron chi connectivity index (χ4n) is 3.95. The first kappa shape index (κ1) is 16.9. The predicted molar refractivity (Wildman–Crippen MR) is 93.7 cm³/mol. The van der Waals surface area contributed by atoms with E-state index in [1.807, 2.05) is 16.7 Å². The molecule has 0 bridgehead atoms. The molecule has 1 atom stereocenters. The van der Waals surface area contributed by atoms with Gasteiger partial charge in [0.1, 0.15) is 6.04 Å². The third-order valence-corrected chi connectivity index (χ3v) is 6.31. The van der Waals surface area contributed by atoms with Crippen molar-refractivity contribution in [2.45, 2.75) is 63.5 Å². The minimum Gasteiger partial charge on any atom is -0.340 e. The highest BCUT2D eigenvalue weighted by Gasteiger charge is 2.37. The number of nitrogens with one attached hydrogen (secondary N) is 1. The molecule has 0 radical (unpaired) electrons. The highest BCUT2D eigenvalue weighted by Crippen LogP contribution is 2.23. The monoisotopic (exact) mass is 339 g/mol. The summed E-state index contributed by atoms with van der Waals surface area (Å²) in [4.78, 5) is 29.3. The zero-order valence-corrected chi connectivity index (χ0v) is 14.8. The number of carbonyl (C=O) groups excluding carboxylic acids is 2. The largest absolute Gasteiger partial charge is 0.340 e. The van der Waals surface area contributed by atoms with E-state index in [1.165, 1.54) is 19.3 Å². The Bertz CT molecular complexity index is 418. The quantitative estimate of drug-likeness (QED) is 0.841. The van der Waals surface area contributed by atoms with E-state index in [4.69, 9.17) is 0 Å². The van der Waals surface area contributed by atoms with Gasteiger partial charge in [-0.1, -0.05) is 19.3 Å². The van der Waals surface area contributed by atoms with Gasteiger partial charge in [-0.25, -0.2) is 4.79 Å². The Balaban J connectivity index is 1.57. The van der Waals surface area contributed by atoms with E-state index in [1.54, 1.807) is 4.90 Å². The molecule has 5 nitrogen and oxygen atoms in total. The standard InChI is InChI=1S/C17H29N3O2S/c21-16(19-9-5-12-23-13-11-19)15-8-4-10-20(15)17(22)18-14-6-2-1-3-7-14/h14-15H,1-13H2,(H,18,22)/t15-/m1/s1. The Hall–Kier alpha value is -0.910. The molecule has 2 saturated heterocycles. The highest BCUT2D eigenvalue weighted by molar-refractivity contribution is 7.99. The Morgan fingerprint density at radius 1 is 0.870 bits per heavy atom. The average molecular weight is 340 g/mol. The van der Waals surface area contributed by atoms with Crippen LogP contribution in [0.15, 0.2) is 0 Å². The molecule has 23 heavy (non-hydrogen) atoms. The lowest BCUT2D eigenvalue weighted by Gasteiger charge is -2.31. The Kier molecular flexibility index (Phi) is 6.08. The molecule has 6 heteroatoms. The number of amides is 3. The van der Waals surface area contributed by atoms with Gasteiger partial charge in [0.2, 0.25) is 5.91 Å². The number of hydrogen-bond acceptors (Lipinski definition) is 3. The fraction of sp³-hybridized carbons (Fsp3) is 0.882. The first-order valence-corrected chi connectivity index (χ1v) is 10.3. The van der Waals surface area contributed by atoms with Gasteiger partial charge in [0.25, 0.3) is 0 Å². The molecule has 1 saturated carbocycles. The first-order valence-electron chi connectivity index (χ1n) is 9.19. The third kappa shape index (κ3) is 4.34. The Labute approximate surface area is 143 Å². The topological polar surface area (TPSA) is 52.7 Å². The van der Waals surface area contributed by atoms with Gasteiger partial charge >= 0.3 is 6.03 Å². The summed E-state index contributed by atoms with van der Waals surface area (Å²) >= 11 is 1.92. The van der Waals surface area contributed by atoms with Gasteiger partial charge in [-0.15, -0.1) is 0 Å². The van der Waals surface area contributed by atoms with Crippen molar-refractivity contribution in [3.05, 3.63) is 0 Å². The van der Waals surface area contributed by atoms with Crippen LogP contribution in [0.3, 0.4) is 0 Å². The fourth-order valence-corrected chi connectivity index (χ4v) is 4.84. The van der Waals surface area contributed by atoms with Crippen molar-refractivity contribution >= 4 is 23.7 Å². The molecule has 3 fully saturated rings. The summed E-state index contributed by atoms with van der Waals surface area (Å²) in [5.74, 6) is 2.33. The smallest absolute Gasteiger partial charge is 0.318 e. The molecule has 1 N–H and O–H groups in total. The summed E-state index contributed by atoms with van der Waals surface area (Å²) in [6, 6.07) is 0.0563. The van der Waals surface area contributed by atoms with Gasteiger partial charge < -0.3 is 15.1 Å². The Morgan fingerprint density at radius 3 is 2.52 bits per heavy atom. The lowest BCUT2D eigenvalue weighted by molar-refractivity contribution is -0.134. The van der Waals surface area contributed by atoms with Gasteiger partial charge in [-0.2, -0.15) is 11.8 Å². The van der Waals surface area contributed by atoms with E-state index >= 15 is 0 Å². The SMILES string of the molecule is O=C([C@H]1CCCN1C(=O)NC1CCCCC1)N1CCCSCC1. The van der Waals surface area contributed by atoms with Crippen molar-refractivity contribution in [3.8, 4) is 0 Å². The summed E-state index contributed by atoms with van der Waals surface area (Å²) in [6.45, 7) is 2.40. The van der Waals surface area contributed by atoms with Crippen molar-refractivity contribution in [1.29, 1.82) is 0 Å². The van der Waals surface area contributed by atoms with Crippen molar-refractivity contribution < 1.29 is 9.59 Å². The van der Waals surface area contributed by atoms with Crippen LogP contribution in [0.25, 0.3) is 0 Å². The highest BCUT2D eigenvalue weighted by atomic mass is 32.2. The number of urea groups is 1. The molecule has 3 rings (SSSR count). The number of nitrogens with zero attached hydrogens (tertiary/aromatic N) is 2. The lowest BCUT2D eigenvalue weighted by Crippen LogP contribution is -2.53. The van der Waals surface area contributed by atoms with Crippen LogP contribution in [0.2, 0.25) is 0 Å². The number of carbonyl (C=O) groups is 2. The first-order chi connectivity index (χ1) is 11.3. The second-order valence-corrected chi connectivity index (χ2v) is 8.15. The van der Waals surface area contributed by atoms with Crippen molar-refractivity contribution in [2.24, 2.45) is 0 Å². The maximum absolute atomic E-state index is 12.9. The van der Waals surface area contributed by atoms with Crippen LogP contribution in [-0.2, 0) is 4.79 Å². The molecule has 3 aliphatic rings. The normalized spacial score (nSPS) is 26.9. The number of hydrogen-bond donors (Lipinski definition) is 1. The zero-order chi connectivity index (χ0) is 16.1. The minimum absolute atomic E-state index is 0.0167. The van der Waals surface area contributed by atoms with Crippen molar-refractivity contribution in [3.63, 3.8) is 0 Å². The van der Waals surface area contributed by atoms with Gasteiger partial charge in [-0.3, -0.25) is 4.79 Å². The third-order valence-electron chi connectivity index (χ3n) is 5.27. The molecular formula is C17H29N3O2S. The number of rotatable bonds is 2. The maximum Gasteiger partial charge on any atom is 0.318 e. The second-order valence-electron chi connectivity index (χ2n) is 6.93. The van der Waals surface area contributed by atoms with Crippen molar-refractivity contribution in [2.75, 3.05) is 31.1 Å². The van der Waals surface area contributed by atoms with Crippen LogP contribution < -0.4 is 5.32 Å². The molecule has 3 amide bonds. The van der Waals surface area contributed by atoms with Crippen LogP contribution in [-0.4, -0.2) is 65.0 Å². The average Bonchev–Trinajstić information content (AvgIpc) is 2.90. The van der Waals surface area contributed by atoms with Crippen LogP contribution in [0, 0.1) is 0 Å². The number of thioether (sulfide) groups is 1. The maximum atomic E-state index is 12.9. The Morgan fingerprint density at radius 2 is 1.70 bits per heavy atom. The predicted octanol–water partition coefficient (Wildman–Crippen LogP) is 2.46. The van der Waals surface area contributed by atoms with Crippen LogP contribution in [0.1, 0.15) is 51.4 Å². The molecule has 0 spiro atoms. The van der Waals surface area contributed by atoms with E-state index in [0.29, 0.717) is 6.04 Å². The van der Waals surface area contributed by atoms with E-state index in [-0.39, 0.29) is 18.0 Å². The lowest BCUT2D eigenvalue weighted by atomic mass is 9.96. The summed E-state index contributed by atoms with van der Waals surface area (Å²) < 4.78 is 0. The van der Waals surface area contributed by atoms with Crippen LogP contribution in [0.5, 0.6) is 0 Å². The van der Waals surface area contributed by atoms with Crippen LogP contribution in [0.4, 0.5) is 4.79 Å². The summed E-state index contributed by atoms with van der Waals surface area (Å²) in [5, 5.41) is 3.17. The molecule has 0 aromatic heterocycles. The second kappa shape index (κ2) is 8.27. The van der Waals surface area contributed by atoms with E-state index in [9.17, 15) is 9.59 Å². The molecule has 0 aromatic rings. The van der Waals surface area contributed by atoms with Crippen molar-refractivity contribution in [1.82, 2.24) is 15.1 Å². The molecule has 0 aromatic carbocycles.